The third-order valence-corrected chi connectivity index (χ3v) is 11.6. The van der Waals surface area contributed by atoms with Gasteiger partial charge in [0.2, 0.25) is 11.8 Å². The number of allylic oxidation sites excluding steroid dienone is 4. The van der Waals surface area contributed by atoms with Gasteiger partial charge < -0.3 is 9.80 Å². The lowest BCUT2D eigenvalue weighted by atomic mass is 9.90. The summed E-state index contributed by atoms with van der Waals surface area (Å²) in [7, 11) is 0. The summed E-state index contributed by atoms with van der Waals surface area (Å²) in [5.74, 6) is 1.06. The van der Waals surface area contributed by atoms with Crippen molar-refractivity contribution in [3.8, 4) is 0 Å². The summed E-state index contributed by atoms with van der Waals surface area (Å²) < 4.78 is 0. The molecule has 0 aliphatic rings. The predicted octanol–water partition coefficient (Wildman–Crippen LogP) is 15.2. The lowest BCUT2D eigenvalue weighted by Gasteiger charge is -2.26. The van der Waals surface area contributed by atoms with E-state index in [1.807, 2.05) is 9.80 Å². The van der Waals surface area contributed by atoms with Crippen LogP contribution in [0.4, 0.5) is 0 Å². The summed E-state index contributed by atoms with van der Waals surface area (Å²) in [6.07, 6.45) is 48.2. The number of amides is 2. The predicted molar refractivity (Wildman–Crippen MR) is 236 cm³/mol. The highest BCUT2D eigenvalue weighted by atomic mass is 16.2. The highest BCUT2D eigenvalue weighted by molar-refractivity contribution is 5.79. The van der Waals surface area contributed by atoms with Crippen LogP contribution in [0.15, 0.2) is 24.3 Å². The van der Waals surface area contributed by atoms with Crippen LogP contribution in [0.5, 0.6) is 0 Å². The maximum absolute atomic E-state index is 13.4. The van der Waals surface area contributed by atoms with Gasteiger partial charge >= 0.3 is 0 Å². The van der Waals surface area contributed by atoms with Crippen molar-refractivity contribution in [2.75, 3.05) is 26.2 Å². The molecule has 0 bridgehead atoms. The molecule has 0 saturated heterocycles. The van der Waals surface area contributed by atoms with Crippen molar-refractivity contribution >= 4 is 11.8 Å². The Morgan fingerprint density at radius 3 is 0.830 bits per heavy atom. The second-order valence-electron chi connectivity index (χ2n) is 16.1. The van der Waals surface area contributed by atoms with Crippen molar-refractivity contribution in [1.29, 1.82) is 0 Å². The average molecular weight is 743 g/mol. The molecule has 0 N–H and O–H groups in total. The van der Waals surface area contributed by atoms with E-state index in [-0.39, 0.29) is 11.8 Å². The second kappa shape index (κ2) is 40.1. The Hall–Kier alpha value is -1.58. The number of carbonyl (C=O) groups excluding carboxylic acids is 2. The van der Waals surface area contributed by atoms with E-state index in [1.54, 1.807) is 0 Å². The molecule has 4 heteroatoms. The third kappa shape index (κ3) is 30.3. The Balaban J connectivity index is 4.54. The Kier molecular flexibility index (Phi) is 38.9. The summed E-state index contributed by atoms with van der Waals surface area (Å²) in [6, 6.07) is 0. The first-order chi connectivity index (χ1) is 26.0. The van der Waals surface area contributed by atoms with Gasteiger partial charge in [-0.1, -0.05) is 160 Å². The standard InChI is InChI=1S/C49H94N2O2/c1-7-13-15-17-19-21-23-25-27-29-31-33-35-38-42-46(48(52)50(9-3)10-4)44-40-37-41-45-47(49(53)51(11-5)12-6)43-39-36-34-32-30-28-26-24-22-20-18-16-14-8-2/h25-28,46-47H,7-24,29-45H2,1-6H3/b27-25-,28-26-. The molecule has 0 spiro atoms. The lowest BCUT2D eigenvalue weighted by molar-refractivity contribution is -0.136. The van der Waals surface area contributed by atoms with Gasteiger partial charge in [-0.2, -0.15) is 0 Å². The van der Waals surface area contributed by atoms with Crippen LogP contribution in [0, 0.1) is 11.8 Å². The van der Waals surface area contributed by atoms with Crippen LogP contribution < -0.4 is 0 Å². The molecule has 2 unspecified atom stereocenters. The van der Waals surface area contributed by atoms with Gasteiger partial charge in [-0.3, -0.25) is 9.59 Å². The zero-order valence-electron chi connectivity index (χ0n) is 36.9. The van der Waals surface area contributed by atoms with Gasteiger partial charge in [-0.25, -0.2) is 0 Å². The van der Waals surface area contributed by atoms with Gasteiger partial charge in [-0.05, 0) is 105 Å². The summed E-state index contributed by atoms with van der Waals surface area (Å²) in [6.45, 7) is 16.2. The highest BCUT2D eigenvalue weighted by Crippen LogP contribution is 2.25. The van der Waals surface area contributed by atoms with Crippen molar-refractivity contribution in [3.05, 3.63) is 24.3 Å². The first-order valence-electron chi connectivity index (χ1n) is 23.9. The van der Waals surface area contributed by atoms with Gasteiger partial charge in [0.15, 0.2) is 0 Å². The summed E-state index contributed by atoms with van der Waals surface area (Å²) >= 11 is 0. The van der Waals surface area contributed by atoms with Crippen molar-refractivity contribution in [2.24, 2.45) is 11.8 Å². The highest BCUT2D eigenvalue weighted by Gasteiger charge is 2.24. The Morgan fingerprint density at radius 2 is 0.566 bits per heavy atom. The van der Waals surface area contributed by atoms with Crippen molar-refractivity contribution in [3.63, 3.8) is 0 Å². The molecule has 0 aromatic heterocycles. The van der Waals surface area contributed by atoms with Crippen molar-refractivity contribution < 1.29 is 9.59 Å². The average Bonchev–Trinajstić information content (AvgIpc) is 3.17. The van der Waals surface area contributed by atoms with Crippen LogP contribution in [0.1, 0.15) is 241 Å². The summed E-state index contributed by atoms with van der Waals surface area (Å²) in [5.41, 5.74) is 0. The van der Waals surface area contributed by atoms with E-state index in [0.29, 0.717) is 11.8 Å². The Bertz CT molecular complexity index is 775. The van der Waals surface area contributed by atoms with Crippen LogP contribution in [0.25, 0.3) is 0 Å². The minimum atomic E-state index is 0.158. The normalized spacial score (nSPS) is 12.9. The zero-order valence-corrected chi connectivity index (χ0v) is 36.9. The molecule has 0 heterocycles. The molecular weight excluding hydrogens is 649 g/mol. The first kappa shape index (κ1) is 51.4. The number of hydrogen-bond donors (Lipinski definition) is 0. The van der Waals surface area contributed by atoms with Gasteiger partial charge in [0.25, 0.3) is 0 Å². The van der Waals surface area contributed by atoms with E-state index in [9.17, 15) is 9.59 Å². The zero-order chi connectivity index (χ0) is 39.0. The van der Waals surface area contributed by atoms with E-state index in [4.69, 9.17) is 0 Å². The SMILES string of the molecule is CCCCCCCC/C=C\CCCCCCC(CCCCCC(CCCCCC/C=C\CCCCCCCC)C(=O)N(CC)CC)C(=O)N(CC)CC. The van der Waals surface area contributed by atoms with E-state index >= 15 is 0 Å². The molecule has 0 aliphatic carbocycles. The molecule has 0 aliphatic heterocycles. The third-order valence-electron chi connectivity index (χ3n) is 11.6. The molecule has 2 atom stereocenters. The largest absolute Gasteiger partial charge is 0.343 e. The van der Waals surface area contributed by atoms with Gasteiger partial charge in [-0.15, -0.1) is 0 Å². The van der Waals surface area contributed by atoms with Crippen molar-refractivity contribution in [2.45, 2.75) is 241 Å². The maximum atomic E-state index is 13.4. The van der Waals surface area contributed by atoms with Gasteiger partial charge in [0, 0.05) is 38.0 Å². The smallest absolute Gasteiger partial charge is 0.225 e. The van der Waals surface area contributed by atoms with E-state index in [1.165, 1.54) is 141 Å². The van der Waals surface area contributed by atoms with Crippen molar-refractivity contribution in [1.82, 2.24) is 9.80 Å². The van der Waals surface area contributed by atoms with Crippen LogP contribution in [0.2, 0.25) is 0 Å². The molecule has 0 saturated carbocycles. The topological polar surface area (TPSA) is 40.6 Å². The Morgan fingerprint density at radius 1 is 0.340 bits per heavy atom. The fourth-order valence-electron chi connectivity index (χ4n) is 7.90. The molecule has 312 valence electrons. The second-order valence-corrected chi connectivity index (χ2v) is 16.1. The summed E-state index contributed by atoms with van der Waals surface area (Å²) in [5, 5.41) is 0. The molecule has 0 radical (unpaired) electrons. The quantitative estimate of drug-likeness (QED) is 0.0463. The van der Waals surface area contributed by atoms with E-state index in [0.717, 1.165) is 84.0 Å². The first-order valence-corrected chi connectivity index (χ1v) is 23.9. The van der Waals surface area contributed by atoms with E-state index < -0.39 is 0 Å². The molecule has 2 amide bonds. The van der Waals surface area contributed by atoms with Gasteiger partial charge in [0.05, 0.1) is 0 Å². The Labute approximate surface area is 333 Å². The summed E-state index contributed by atoms with van der Waals surface area (Å²) in [4.78, 5) is 31.0. The number of hydrogen-bond acceptors (Lipinski definition) is 2. The molecular formula is C49H94N2O2. The number of rotatable bonds is 40. The van der Waals surface area contributed by atoms with Crippen LogP contribution in [0.3, 0.4) is 0 Å². The number of nitrogens with zero attached hydrogens (tertiary/aromatic N) is 2. The minimum Gasteiger partial charge on any atom is -0.343 e. The number of unbranched alkanes of at least 4 members (excludes halogenated alkanes) is 22. The van der Waals surface area contributed by atoms with Crippen LogP contribution in [-0.4, -0.2) is 47.8 Å². The monoisotopic (exact) mass is 743 g/mol. The fraction of sp³-hybridized carbons (Fsp3) is 0.878. The van der Waals surface area contributed by atoms with E-state index in [2.05, 4.69) is 65.8 Å². The minimum absolute atomic E-state index is 0.158. The molecule has 0 rings (SSSR count). The lowest BCUT2D eigenvalue weighted by Crippen LogP contribution is -2.36. The van der Waals surface area contributed by atoms with Crippen LogP contribution >= 0.6 is 0 Å². The maximum Gasteiger partial charge on any atom is 0.225 e. The molecule has 4 nitrogen and oxygen atoms in total. The van der Waals surface area contributed by atoms with Crippen LogP contribution in [-0.2, 0) is 9.59 Å². The number of carbonyl (C=O) groups is 2. The fourth-order valence-corrected chi connectivity index (χ4v) is 7.90. The molecule has 0 aromatic carbocycles. The molecule has 0 fully saturated rings. The van der Waals surface area contributed by atoms with Gasteiger partial charge in [0.1, 0.15) is 0 Å². The molecule has 53 heavy (non-hydrogen) atoms. The molecule has 0 aromatic rings.